The number of amides is 1. The lowest BCUT2D eigenvalue weighted by molar-refractivity contribution is -0.122. The summed E-state index contributed by atoms with van der Waals surface area (Å²) >= 11 is 0. The molecule has 0 aromatic rings. The summed E-state index contributed by atoms with van der Waals surface area (Å²) in [5, 5.41) is 6.57. The molecule has 2 fully saturated rings. The van der Waals surface area contributed by atoms with Crippen molar-refractivity contribution in [1.29, 1.82) is 0 Å². The maximum Gasteiger partial charge on any atom is 0.221 e. The molecule has 1 saturated heterocycles. The lowest BCUT2D eigenvalue weighted by Gasteiger charge is -2.33. The smallest absolute Gasteiger partial charge is 0.221 e. The Labute approximate surface area is 110 Å². The standard InChI is InChI=1S/C14H27N3O/c1-12-11-15-8-10-17(12)9-7-14(18)16-13-5-3-2-4-6-13/h12-13,15H,2-11H2,1H3,(H,16,18). The molecule has 1 heterocycles. The first-order chi connectivity index (χ1) is 8.75. The molecule has 2 rings (SSSR count). The van der Waals surface area contributed by atoms with Crippen LogP contribution in [0.25, 0.3) is 0 Å². The number of hydrogen-bond acceptors (Lipinski definition) is 3. The zero-order valence-corrected chi connectivity index (χ0v) is 11.6. The summed E-state index contributed by atoms with van der Waals surface area (Å²) in [6.45, 7) is 6.29. The predicted molar refractivity (Wildman–Crippen MR) is 73.5 cm³/mol. The normalized spacial score (nSPS) is 27.1. The van der Waals surface area contributed by atoms with Crippen molar-refractivity contribution in [2.45, 2.75) is 57.5 Å². The van der Waals surface area contributed by atoms with Crippen LogP contribution >= 0.6 is 0 Å². The van der Waals surface area contributed by atoms with Gasteiger partial charge < -0.3 is 10.6 Å². The van der Waals surface area contributed by atoms with Crippen LogP contribution in [-0.4, -0.2) is 49.1 Å². The van der Waals surface area contributed by atoms with Gasteiger partial charge in [-0.2, -0.15) is 0 Å². The molecule has 18 heavy (non-hydrogen) atoms. The highest BCUT2D eigenvalue weighted by molar-refractivity contribution is 5.76. The Kier molecular flexibility index (Phi) is 5.45. The second kappa shape index (κ2) is 7.10. The minimum Gasteiger partial charge on any atom is -0.353 e. The molecule has 104 valence electrons. The van der Waals surface area contributed by atoms with E-state index in [1.807, 2.05) is 0 Å². The van der Waals surface area contributed by atoms with Gasteiger partial charge in [-0.25, -0.2) is 0 Å². The van der Waals surface area contributed by atoms with E-state index in [0.29, 0.717) is 18.5 Å². The first-order valence-electron chi connectivity index (χ1n) is 7.50. The quantitative estimate of drug-likeness (QED) is 0.789. The highest BCUT2D eigenvalue weighted by atomic mass is 16.1. The van der Waals surface area contributed by atoms with Crippen LogP contribution in [0.1, 0.15) is 45.4 Å². The van der Waals surface area contributed by atoms with Crippen molar-refractivity contribution in [3.05, 3.63) is 0 Å². The van der Waals surface area contributed by atoms with Gasteiger partial charge in [-0.1, -0.05) is 19.3 Å². The average molecular weight is 253 g/mol. The summed E-state index contributed by atoms with van der Waals surface area (Å²) < 4.78 is 0. The molecule has 4 heteroatoms. The van der Waals surface area contributed by atoms with Gasteiger partial charge in [0.05, 0.1) is 0 Å². The highest BCUT2D eigenvalue weighted by Crippen LogP contribution is 2.17. The second-order valence-electron chi connectivity index (χ2n) is 5.74. The Morgan fingerprint density at radius 3 is 2.83 bits per heavy atom. The number of rotatable bonds is 4. The van der Waals surface area contributed by atoms with E-state index in [4.69, 9.17) is 0 Å². The third-order valence-corrected chi connectivity index (χ3v) is 4.24. The zero-order valence-electron chi connectivity index (χ0n) is 11.6. The maximum absolute atomic E-state index is 11.9. The third-order valence-electron chi connectivity index (χ3n) is 4.24. The molecule has 1 unspecified atom stereocenters. The van der Waals surface area contributed by atoms with Crippen molar-refractivity contribution in [3.8, 4) is 0 Å². The fourth-order valence-electron chi connectivity index (χ4n) is 3.01. The van der Waals surface area contributed by atoms with Crippen molar-refractivity contribution in [2.75, 3.05) is 26.2 Å². The fourth-order valence-corrected chi connectivity index (χ4v) is 3.01. The number of hydrogen-bond donors (Lipinski definition) is 2. The van der Waals surface area contributed by atoms with Crippen molar-refractivity contribution in [1.82, 2.24) is 15.5 Å². The van der Waals surface area contributed by atoms with E-state index >= 15 is 0 Å². The summed E-state index contributed by atoms with van der Waals surface area (Å²) in [5.41, 5.74) is 0. The molecular weight excluding hydrogens is 226 g/mol. The van der Waals surface area contributed by atoms with Crippen LogP contribution < -0.4 is 10.6 Å². The third kappa shape index (κ3) is 4.25. The molecule has 1 amide bonds. The fraction of sp³-hybridized carbons (Fsp3) is 0.929. The minimum absolute atomic E-state index is 0.243. The molecule has 1 atom stereocenters. The zero-order chi connectivity index (χ0) is 12.8. The molecular formula is C14H27N3O. The molecule has 4 nitrogen and oxygen atoms in total. The maximum atomic E-state index is 11.9. The molecule has 0 spiro atoms. The summed E-state index contributed by atoms with van der Waals surface area (Å²) in [4.78, 5) is 14.3. The van der Waals surface area contributed by atoms with E-state index in [1.165, 1.54) is 32.1 Å². The first-order valence-corrected chi connectivity index (χ1v) is 7.50. The van der Waals surface area contributed by atoms with Crippen LogP contribution in [0.15, 0.2) is 0 Å². The van der Waals surface area contributed by atoms with Crippen LogP contribution in [0.5, 0.6) is 0 Å². The van der Waals surface area contributed by atoms with Crippen LogP contribution in [-0.2, 0) is 4.79 Å². The minimum atomic E-state index is 0.243. The van der Waals surface area contributed by atoms with Crippen molar-refractivity contribution in [2.24, 2.45) is 0 Å². The summed E-state index contributed by atoms with van der Waals surface area (Å²) in [7, 11) is 0. The first kappa shape index (κ1) is 13.8. The van der Waals surface area contributed by atoms with Crippen LogP contribution in [0, 0.1) is 0 Å². The van der Waals surface area contributed by atoms with Gasteiger partial charge >= 0.3 is 0 Å². The van der Waals surface area contributed by atoms with Crippen molar-refractivity contribution >= 4 is 5.91 Å². The molecule has 1 aliphatic heterocycles. The number of piperazine rings is 1. The van der Waals surface area contributed by atoms with E-state index in [0.717, 1.165) is 26.2 Å². The van der Waals surface area contributed by atoms with Gasteiger partial charge in [-0.05, 0) is 19.8 Å². The Morgan fingerprint density at radius 2 is 2.11 bits per heavy atom. The van der Waals surface area contributed by atoms with Crippen LogP contribution in [0.2, 0.25) is 0 Å². The SMILES string of the molecule is CC1CNCCN1CCC(=O)NC1CCCCC1. The monoisotopic (exact) mass is 253 g/mol. The molecule has 1 aliphatic carbocycles. The lowest BCUT2D eigenvalue weighted by Crippen LogP contribution is -2.50. The highest BCUT2D eigenvalue weighted by Gasteiger charge is 2.20. The van der Waals surface area contributed by atoms with Gasteiger partial charge in [0.2, 0.25) is 5.91 Å². The van der Waals surface area contributed by atoms with Crippen LogP contribution in [0.3, 0.4) is 0 Å². The Bertz CT molecular complexity index is 264. The van der Waals surface area contributed by atoms with Gasteiger partial charge in [-0.3, -0.25) is 9.69 Å². The van der Waals surface area contributed by atoms with Gasteiger partial charge in [0.1, 0.15) is 0 Å². The van der Waals surface area contributed by atoms with Gasteiger partial charge in [0.15, 0.2) is 0 Å². The van der Waals surface area contributed by atoms with E-state index in [9.17, 15) is 4.79 Å². The number of carbonyl (C=O) groups is 1. The van der Waals surface area contributed by atoms with Gasteiger partial charge in [0, 0.05) is 44.7 Å². The summed E-state index contributed by atoms with van der Waals surface area (Å²) in [5.74, 6) is 0.243. The van der Waals surface area contributed by atoms with Crippen molar-refractivity contribution < 1.29 is 4.79 Å². The molecule has 1 saturated carbocycles. The Hall–Kier alpha value is -0.610. The van der Waals surface area contributed by atoms with Gasteiger partial charge in [-0.15, -0.1) is 0 Å². The molecule has 0 bridgehead atoms. The molecule has 2 N–H and O–H groups in total. The lowest BCUT2D eigenvalue weighted by atomic mass is 9.95. The average Bonchev–Trinajstić information content (AvgIpc) is 2.39. The number of carbonyl (C=O) groups excluding carboxylic acids is 1. The largest absolute Gasteiger partial charge is 0.353 e. The molecule has 0 aromatic carbocycles. The molecule has 0 aromatic heterocycles. The van der Waals surface area contributed by atoms with E-state index in [2.05, 4.69) is 22.5 Å². The predicted octanol–water partition coefficient (Wildman–Crippen LogP) is 1.12. The van der Waals surface area contributed by atoms with Gasteiger partial charge in [0.25, 0.3) is 0 Å². The van der Waals surface area contributed by atoms with Crippen molar-refractivity contribution in [3.63, 3.8) is 0 Å². The van der Waals surface area contributed by atoms with E-state index in [-0.39, 0.29) is 5.91 Å². The number of nitrogens with zero attached hydrogens (tertiary/aromatic N) is 1. The summed E-state index contributed by atoms with van der Waals surface area (Å²) in [6.07, 6.45) is 6.90. The van der Waals surface area contributed by atoms with E-state index in [1.54, 1.807) is 0 Å². The van der Waals surface area contributed by atoms with E-state index < -0.39 is 0 Å². The van der Waals surface area contributed by atoms with Crippen LogP contribution in [0.4, 0.5) is 0 Å². The molecule has 2 aliphatic rings. The molecule has 0 radical (unpaired) electrons. The summed E-state index contributed by atoms with van der Waals surface area (Å²) in [6, 6.07) is 1.01. The Balaban J connectivity index is 1.64. The second-order valence-corrected chi connectivity index (χ2v) is 5.74. The number of nitrogens with one attached hydrogen (secondary N) is 2. The topological polar surface area (TPSA) is 44.4 Å². The Morgan fingerprint density at radius 1 is 1.33 bits per heavy atom.